The van der Waals surface area contributed by atoms with Gasteiger partial charge >= 0.3 is 0 Å². The zero-order valence-electron chi connectivity index (χ0n) is 30.5. The molecule has 4 heteroatoms. The number of rotatable bonds is 8. The topological polar surface area (TPSA) is 42.2 Å². The lowest BCUT2D eigenvalue weighted by atomic mass is 10.00. The van der Waals surface area contributed by atoms with Crippen LogP contribution >= 0.6 is 0 Å². The Labute approximate surface area is 325 Å². The number of aromatic nitrogens is 2. The van der Waals surface area contributed by atoms with Gasteiger partial charge in [-0.15, -0.1) is 0 Å². The first-order valence-corrected chi connectivity index (χ1v) is 18.8. The van der Waals surface area contributed by atoms with Crippen molar-refractivity contribution in [2.45, 2.75) is 0 Å². The molecule has 0 atom stereocenters. The van der Waals surface area contributed by atoms with Gasteiger partial charge in [0.15, 0.2) is 5.82 Å². The molecule has 0 spiro atoms. The number of nitrogens with zero attached hydrogens (tertiary/aromatic N) is 3. The van der Waals surface area contributed by atoms with E-state index in [9.17, 15) is 0 Å². The van der Waals surface area contributed by atoms with E-state index in [1.807, 2.05) is 48.5 Å². The summed E-state index contributed by atoms with van der Waals surface area (Å²) in [5.74, 6) is 0.681. The minimum Gasteiger partial charge on any atom is -0.456 e. The van der Waals surface area contributed by atoms with Crippen LogP contribution in [0, 0.1) is 0 Å². The van der Waals surface area contributed by atoms with E-state index in [-0.39, 0.29) is 0 Å². The molecule has 0 saturated heterocycles. The summed E-state index contributed by atoms with van der Waals surface area (Å²) in [7, 11) is 0. The van der Waals surface area contributed by atoms with E-state index in [0.29, 0.717) is 5.82 Å². The number of para-hydroxylation sites is 1. The molecule has 2 aromatic heterocycles. The maximum absolute atomic E-state index is 6.73. The van der Waals surface area contributed by atoms with Gasteiger partial charge in [0, 0.05) is 50.5 Å². The highest BCUT2D eigenvalue weighted by molar-refractivity contribution is 6.13. The maximum Gasteiger partial charge on any atom is 0.160 e. The van der Waals surface area contributed by atoms with Crippen molar-refractivity contribution in [3.63, 3.8) is 0 Å². The first kappa shape index (κ1) is 33.0. The molecule has 0 N–H and O–H groups in total. The highest BCUT2D eigenvalue weighted by Crippen LogP contribution is 2.44. The second-order valence-electron chi connectivity index (χ2n) is 13.8. The number of anilines is 3. The van der Waals surface area contributed by atoms with Crippen molar-refractivity contribution in [3.8, 4) is 56.2 Å². The van der Waals surface area contributed by atoms with Crippen molar-refractivity contribution in [1.82, 2.24) is 9.97 Å². The van der Waals surface area contributed by atoms with Crippen molar-refractivity contribution in [1.29, 1.82) is 0 Å². The standard InChI is InChI=1S/C52H35N3O/c1-5-16-36(17-6-1)37-28-30-41(31-29-37)55(48-26-14-13-24-43(48)38-18-7-2-8-19-38)42-32-33-45-50(34-42)56-49-27-15-25-44(51(45)49)47-35-46(39-20-9-3-10-21-39)53-52(54-47)40-22-11-4-12-23-40/h1-35H. The molecule has 0 amide bonds. The Kier molecular flexibility index (Phi) is 8.47. The van der Waals surface area contributed by atoms with Gasteiger partial charge in [-0.3, -0.25) is 0 Å². The third kappa shape index (κ3) is 6.19. The van der Waals surface area contributed by atoms with E-state index in [2.05, 4.69) is 169 Å². The summed E-state index contributed by atoms with van der Waals surface area (Å²) in [6.07, 6.45) is 0. The summed E-state index contributed by atoms with van der Waals surface area (Å²) >= 11 is 0. The highest BCUT2D eigenvalue weighted by atomic mass is 16.3. The summed E-state index contributed by atoms with van der Waals surface area (Å²) < 4.78 is 6.73. The summed E-state index contributed by atoms with van der Waals surface area (Å²) in [6.45, 7) is 0. The van der Waals surface area contributed by atoms with Crippen LogP contribution in [0.15, 0.2) is 217 Å². The Morgan fingerprint density at radius 1 is 0.357 bits per heavy atom. The van der Waals surface area contributed by atoms with E-state index >= 15 is 0 Å². The summed E-state index contributed by atoms with van der Waals surface area (Å²) in [5, 5.41) is 2.05. The predicted octanol–water partition coefficient (Wildman–Crippen LogP) is 14.2. The van der Waals surface area contributed by atoms with Crippen LogP contribution in [0.25, 0.3) is 78.1 Å². The van der Waals surface area contributed by atoms with Gasteiger partial charge in [0.1, 0.15) is 11.2 Å². The van der Waals surface area contributed by atoms with E-state index < -0.39 is 0 Å². The largest absolute Gasteiger partial charge is 0.456 e. The number of hydrogen-bond donors (Lipinski definition) is 0. The lowest BCUT2D eigenvalue weighted by molar-refractivity contribution is 0.669. The van der Waals surface area contributed by atoms with E-state index in [1.165, 1.54) is 11.1 Å². The summed E-state index contributed by atoms with van der Waals surface area (Å²) in [6, 6.07) is 73.8. The van der Waals surface area contributed by atoms with Gasteiger partial charge in [0.25, 0.3) is 0 Å². The van der Waals surface area contributed by atoms with Crippen LogP contribution < -0.4 is 4.90 Å². The quantitative estimate of drug-likeness (QED) is 0.157. The second-order valence-corrected chi connectivity index (χ2v) is 13.8. The average Bonchev–Trinajstić information content (AvgIpc) is 3.66. The molecule has 0 aliphatic rings. The van der Waals surface area contributed by atoms with Crippen LogP contribution in [0.5, 0.6) is 0 Å². The normalized spacial score (nSPS) is 11.2. The molecule has 8 aromatic carbocycles. The maximum atomic E-state index is 6.73. The Bertz CT molecular complexity index is 2880. The molecule has 0 bridgehead atoms. The van der Waals surface area contributed by atoms with Gasteiger partial charge in [-0.05, 0) is 59.2 Å². The average molecular weight is 718 g/mol. The van der Waals surface area contributed by atoms with Crippen molar-refractivity contribution >= 4 is 39.0 Å². The van der Waals surface area contributed by atoms with Crippen LogP contribution in [0.1, 0.15) is 0 Å². The number of benzene rings is 8. The molecule has 0 aliphatic heterocycles. The molecule has 10 aromatic rings. The van der Waals surface area contributed by atoms with Crippen molar-refractivity contribution in [3.05, 3.63) is 212 Å². The molecule has 10 rings (SSSR count). The van der Waals surface area contributed by atoms with Crippen molar-refractivity contribution in [2.24, 2.45) is 0 Å². The fraction of sp³-hybridized carbons (Fsp3) is 0. The third-order valence-corrected chi connectivity index (χ3v) is 10.3. The Morgan fingerprint density at radius 3 is 1.62 bits per heavy atom. The number of hydrogen-bond acceptors (Lipinski definition) is 4. The number of fused-ring (bicyclic) bond motifs is 3. The molecule has 56 heavy (non-hydrogen) atoms. The zero-order chi connectivity index (χ0) is 37.3. The Morgan fingerprint density at radius 2 is 0.911 bits per heavy atom. The van der Waals surface area contributed by atoms with Gasteiger partial charge in [0.05, 0.1) is 17.1 Å². The van der Waals surface area contributed by atoms with E-state index in [4.69, 9.17) is 14.4 Å². The second kappa shape index (κ2) is 14.3. The molecule has 0 unspecified atom stereocenters. The monoisotopic (exact) mass is 717 g/mol. The Balaban J connectivity index is 1.14. The lowest BCUT2D eigenvalue weighted by Crippen LogP contribution is -2.11. The highest BCUT2D eigenvalue weighted by Gasteiger charge is 2.21. The van der Waals surface area contributed by atoms with Crippen molar-refractivity contribution < 1.29 is 4.42 Å². The predicted molar refractivity (Wildman–Crippen MR) is 231 cm³/mol. The minimum absolute atomic E-state index is 0.681. The van der Waals surface area contributed by atoms with Gasteiger partial charge in [0.2, 0.25) is 0 Å². The fourth-order valence-electron chi connectivity index (χ4n) is 7.62. The molecule has 0 aliphatic carbocycles. The van der Waals surface area contributed by atoms with Gasteiger partial charge in [-0.1, -0.05) is 164 Å². The first-order valence-electron chi connectivity index (χ1n) is 18.8. The van der Waals surface area contributed by atoms with Crippen LogP contribution in [0.3, 0.4) is 0 Å². The van der Waals surface area contributed by atoms with Crippen LogP contribution in [-0.2, 0) is 0 Å². The molecule has 2 heterocycles. The van der Waals surface area contributed by atoms with E-state index in [1.54, 1.807) is 0 Å². The first-order chi connectivity index (χ1) is 27.8. The molecule has 0 saturated carbocycles. The summed E-state index contributed by atoms with van der Waals surface area (Å²) in [5.41, 5.74) is 14.1. The van der Waals surface area contributed by atoms with Gasteiger partial charge < -0.3 is 9.32 Å². The van der Waals surface area contributed by atoms with E-state index in [0.717, 1.165) is 78.2 Å². The smallest absolute Gasteiger partial charge is 0.160 e. The molecule has 4 nitrogen and oxygen atoms in total. The molecular formula is C52H35N3O. The fourth-order valence-corrected chi connectivity index (χ4v) is 7.62. The third-order valence-electron chi connectivity index (χ3n) is 10.3. The summed E-state index contributed by atoms with van der Waals surface area (Å²) in [4.78, 5) is 12.5. The van der Waals surface area contributed by atoms with Gasteiger partial charge in [-0.2, -0.15) is 0 Å². The SMILES string of the molecule is c1ccc(-c2ccc(N(c3ccc4c(c3)oc3cccc(-c5cc(-c6ccccc6)nc(-c6ccccc6)n5)c34)c3ccccc3-c3ccccc3)cc2)cc1. The Hall–Kier alpha value is -7.56. The molecule has 264 valence electrons. The van der Waals surface area contributed by atoms with Crippen molar-refractivity contribution in [2.75, 3.05) is 4.90 Å². The van der Waals surface area contributed by atoms with Crippen LogP contribution in [-0.4, -0.2) is 9.97 Å². The molecular weight excluding hydrogens is 683 g/mol. The molecule has 0 fully saturated rings. The lowest BCUT2D eigenvalue weighted by Gasteiger charge is -2.28. The molecule has 0 radical (unpaired) electrons. The van der Waals surface area contributed by atoms with Gasteiger partial charge in [-0.25, -0.2) is 9.97 Å². The van der Waals surface area contributed by atoms with Crippen LogP contribution in [0.4, 0.5) is 17.1 Å². The zero-order valence-corrected chi connectivity index (χ0v) is 30.5. The number of furan rings is 1. The minimum atomic E-state index is 0.681. The van der Waals surface area contributed by atoms with Crippen LogP contribution in [0.2, 0.25) is 0 Å².